The van der Waals surface area contributed by atoms with Gasteiger partial charge >= 0.3 is 0 Å². The molecule has 1 N–H and O–H groups in total. The van der Waals surface area contributed by atoms with Crippen molar-refractivity contribution < 1.29 is 9.53 Å². The van der Waals surface area contributed by atoms with Crippen LogP contribution in [0, 0.1) is 0 Å². The average Bonchev–Trinajstić information content (AvgIpc) is 3.20. The topological polar surface area (TPSA) is 56.2 Å². The zero-order chi connectivity index (χ0) is 15.8. The van der Waals surface area contributed by atoms with Gasteiger partial charge in [0.15, 0.2) is 5.69 Å². The van der Waals surface area contributed by atoms with Crippen LogP contribution in [-0.4, -0.2) is 34.9 Å². The van der Waals surface area contributed by atoms with E-state index in [0.717, 1.165) is 42.0 Å². The number of fused-ring (bicyclic) bond motifs is 3. The summed E-state index contributed by atoms with van der Waals surface area (Å²) in [5.41, 5.74) is 3.79. The second kappa shape index (κ2) is 6.02. The number of rotatable bonds is 3. The SMILES string of the molecule is Cn1nc(C(=O)NC[C@@H]2CCCO2)c2c1-c1ccccc1SC2. The summed E-state index contributed by atoms with van der Waals surface area (Å²) in [4.78, 5) is 13.8. The molecule has 0 aliphatic carbocycles. The van der Waals surface area contributed by atoms with Crippen molar-refractivity contribution >= 4 is 17.7 Å². The molecule has 0 unspecified atom stereocenters. The van der Waals surface area contributed by atoms with E-state index in [9.17, 15) is 4.79 Å². The Kier molecular flexibility index (Phi) is 3.87. The maximum atomic E-state index is 12.5. The highest BCUT2D eigenvalue weighted by molar-refractivity contribution is 7.98. The fourth-order valence-corrected chi connectivity index (χ4v) is 4.33. The fraction of sp³-hybridized carbons (Fsp3) is 0.412. The monoisotopic (exact) mass is 329 g/mol. The van der Waals surface area contributed by atoms with Crippen LogP contribution < -0.4 is 5.32 Å². The Morgan fingerprint density at radius 1 is 1.48 bits per heavy atom. The van der Waals surface area contributed by atoms with E-state index in [1.165, 1.54) is 4.90 Å². The number of nitrogens with one attached hydrogen (secondary N) is 1. The van der Waals surface area contributed by atoms with Gasteiger partial charge in [-0.15, -0.1) is 11.8 Å². The molecule has 1 saturated heterocycles. The zero-order valence-electron chi connectivity index (χ0n) is 13.0. The number of carbonyl (C=O) groups is 1. The van der Waals surface area contributed by atoms with Crippen molar-refractivity contribution in [3.05, 3.63) is 35.5 Å². The number of aromatic nitrogens is 2. The molecule has 23 heavy (non-hydrogen) atoms. The Morgan fingerprint density at radius 2 is 2.35 bits per heavy atom. The molecule has 2 aliphatic heterocycles. The number of aryl methyl sites for hydroxylation is 1. The summed E-state index contributed by atoms with van der Waals surface area (Å²) in [7, 11) is 1.91. The standard InChI is InChI=1S/C17H19N3O2S/c1-20-16-12-6-2-3-7-14(12)23-10-13(16)15(19-20)17(21)18-9-11-5-4-8-22-11/h2-3,6-7,11H,4-5,8-10H2,1H3,(H,18,21)/t11-/m0/s1. The maximum absolute atomic E-state index is 12.5. The van der Waals surface area contributed by atoms with Gasteiger partial charge in [-0.2, -0.15) is 5.10 Å². The minimum Gasteiger partial charge on any atom is -0.376 e. The van der Waals surface area contributed by atoms with E-state index in [2.05, 4.69) is 22.5 Å². The number of ether oxygens (including phenoxy) is 1. The first kappa shape index (κ1) is 14.8. The number of thioether (sulfide) groups is 1. The molecule has 2 aliphatic rings. The van der Waals surface area contributed by atoms with E-state index in [0.29, 0.717) is 12.2 Å². The molecule has 5 nitrogen and oxygen atoms in total. The summed E-state index contributed by atoms with van der Waals surface area (Å²) in [5.74, 6) is 0.681. The predicted octanol–water partition coefficient (Wildman–Crippen LogP) is 2.60. The van der Waals surface area contributed by atoms with Gasteiger partial charge in [0.05, 0.1) is 11.8 Å². The van der Waals surface area contributed by atoms with E-state index in [1.807, 2.05) is 23.9 Å². The molecule has 0 saturated carbocycles. The second-order valence-corrected chi connectivity index (χ2v) is 6.95. The van der Waals surface area contributed by atoms with Crippen molar-refractivity contribution in [3.63, 3.8) is 0 Å². The number of amides is 1. The summed E-state index contributed by atoms with van der Waals surface area (Å²) in [6, 6.07) is 8.28. The number of benzene rings is 1. The molecule has 120 valence electrons. The van der Waals surface area contributed by atoms with E-state index < -0.39 is 0 Å². The molecular formula is C17H19N3O2S. The normalized spacial score (nSPS) is 19.3. The lowest BCUT2D eigenvalue weighted by Crippen LogP contribution is -2.32. The summed E-state index contributed by atoms with van der Waals surface area (Å²) in [5, 5.41) is 7.47. The van der Waals surface area contributed by atoms with Gasteiger partial charge in [0.2, 0.25) is 0 Å². The Bertz CT molecular complexity index is 750. The Balaban J connectivity index is 1.60. The molecule has 2 aromatic rings. The van der Waals surface area contributed by atoms with E-state index in [4.69, 9.17) is 4.74 Å². The van der Waals surface area contributed by atoms with Crippen molar-refractivity contribution in [2.75, 3.05) is 13.2 Å². The van der Waals surface area contributed by atoms with Gasteiger partial charge in [-0.1, -0.05) is 18.2 Å². The Morgan fingerprint density at radius 3 is 3.17 bits per heavy atom. The molecule has 1 aromatic carbocycles. The molecule has 0 radical (unpaired) electrons. The molecular weight excluding hydrogens is 310 g/mol. The number of hydrogen-bond donors (Lipinski definition) is 1. The third kappa shape index (κ3) is 2.66. The average molecular weight is 329 g/mol. The van der Waals surface area contributed by atoms with Crippen molar-refractivity contribution in [2.45, 2.75) is 29.6 Å². The van der Waals surface area contributed by atoms with Crippen LogP contribution in [0.1, 0.15) is 28.9 Å². The third-order valence-electron chi connectivity index (χ3n) is 4.39. The van der Waals surface area contributed by atoms with E-state index in [-0.39, 0.29) is 12.0 Å². The number of carbonyl (C=O) groups excluding carboxylic acids is 1. The van der Waals surface area contributed by atoms with Crippen LogP contribution in [0.5, 0.6) is 0 Å². The summed E-state index contributed by atoms with van der Waals surface area (Å²) >= 11 is 1.76. The van der Waals surface area contributed by atoms with Crippen LogP contribution in [0.25, 0.3) is 11.3 Å². The second-order valence-electron chi connectivity index (χ2n) is 5.93. The quantitative estimate of drug-likeness (QED) is 0.940. The molecule has 0 spiro atoms. The van der Waals surface area contributed by atoms with Crippen LogP contribution in [0.4, 0.5) is 0 Å². The van der Waals surface area contributed by atoms with Gasteiger partial charge in [-0.3, -0.25) is 9.48 Å². The Labute approximate surface area is 139 Å². The van der Waals surface area contributed by atoms with Crippen LogP contribution in [0.2, 0.25) is 0 Å². The van der Waals surface area contributed by atoms with E-state index in [1.54, 1.807) is 11.8 Å². The predicted molar refractivity (Wildman–Crippen MR) is 89.5 cm³/mol. The van der Waals surface area contributed by atoms with Crippen LogP contribution in [0.3, 0.4) is 0 Å². The molecule has 1 atom stereocenters. The van der Waals surface area contributed by atoms with Crippen molar-refractivity contribution in [2.24, 2.45) is 7.05 Å². The molecule has 1 fully saturated rings. The van der Waals surface area contributed by atoms with Crippen molar-refractivity contribution in [1.29, 1.82) is 0 Å². The van der Waals surface area contributed by atoms with Crippen molar-refractivity contribution in [1.82, 2.24) is 15.1 Å². The first-order valence-electron chi connectivity index (χ1n) is 7.92. The van der Waals surface area contributed by atoms with Crippen molar-refractivity contribution in [3.8, 4) is 11.3 Å². The first-order valence-corrected chi connectivity index (χ1v) is 8.90. The van der Waals surface area contributed by atoms with Gasteiger partial charge in [-0.05, 0) is 18.9 Å². The number of nitrogens with zero attached hydrogens (tertiary/aromatic N) is 2. The minimum absolute atomic E-state index is 0.0997. The van der Waals surface area contributed by atoms with Crippen LogP contribution in [-0.2, 0) is 17.5 Å². The first-order chi connectivity index (χ1) is 11.2. The lowest BCUT2D eigenvalue weighted by molar-refractivity contribution is 0.0852. The van der Waals surface area contributed by atoms with Gasteiger partial charge < -0.3 is 10.1 Å². The maximum Gasteiger partial charge on any atom is 0.272 e. The highest BCUT2D eigenvalue weighted by atomic mass is 32.2. The molecule has 6 heteroatoms. The summed E-state index contributed by atoms with van der Waals surface area (Å²) in [6.07, 6.45) is 2.24. The summed E-state index contributed by atoms with van der Waals surface area (Å²) < 4.78 is 7.39. The van der Waals surface area contributed by atoms with Gasteiger partial charge in [-0.25, -0.2) is 0 Å². The Hall–Kier alpha value is -1.79. The fourth-order valence-electron chi connectivity index (χ4n) is 3.26. The molecule has 1 amide bonds. The highest BCUT2D eigenvalue weighted by Gasteiger charge is 2.28. The summed E-state index contributed by atoms with van der Waals surface area (Å²) in [6.45, 7) is 1.36. The molecule has 3 heterocycles. The third-order valence-corrected chi connectivity index (χ3v) is 5.49. The zero-order valence-corrected chi connectivity index (χ0v) is 13.9. The van der Waals surface area contributed by atoms with Gasteiger partial charge in [0.1, 0.15) is 0 Å². The smallest absolute Gasteiger partial charge is 0.272 e. The highest BCUT2D eigenvalue weighted by Crippen LogP contribution is 2.42. The lowest BCUT2D eigenvalue weighted by Gasteiger charge is -2.17. The van der Waals surface area contributed by atoms with E-state index >= 15 is 0 Å². The number of hydrogen-bond acceptors (Lipinski definition) is 4. The lowest BCUT2D eigenvalue weighted by atomic mass is 10.1. The van der Waals surface area contributed by atoms with Gasteiger partial charge in [0.25, 0.3) is 5.91 Å². The molecule has 1 aromatic heterocycles. The molecule has 4 rings (SSSR count). The van der Waals surface area contributed by atoms with Gasteiger partial charge in [0, 0.05) is 42.0 Å². The largest absolute Gasteiger partial charge is 0.376 e. The minimum atomic E-state index is -0.0997. The van der Waals surface area contributed by atoms with Crippen LogP contribution >= 0.6 is 11.8 Å². The molecule has 0 bridgehead atoms. The van der Waals surface area contributed by atoms with Crippen LogP contribution in [0.15, 0.2) is 29.2 Å².